The van der Waals surface area contributed by atoms with Crippen molar-refractivity contribution in [2.45, 2.75) is 50.5 Å². The highest BCUT2D eigenvalue weighted by molar-refractivity contribution is 7.89. The molecule has 7 nitrogen and oxygen atoms in total. The van der Waals surface area contributed by atoms with E-state index in [2.05, 4.69) is 10.1 Å². The molecule has 1 aliphatic rings. The van der Waals surface area contributed by atoms with Gasteiger partial charge >= 0.3 is 0 Å². The smallest absolute Gasteiger partial charge is 0.257 e. The summed E-state index contributed by atoms with van der Waals surface area (Å²) in [4.78, 5) is 4.26. The highest BCUT2D eigenvalue weighted by atomic mass is 32.2. The van der Waals surface area contributed by atoms with Gasteiger partial charge in [-0.25, -0.2) is 13.4 Å². The highest BCUT2D eigenvalue weighted by Gasteiger charge is 2.28. The normalized spacial score (nSPS) is 19.2. The molecule has 0 N–H and O–H groups in total. The molecule has 0 aromatic carbocycles. The molecule has 0 amide bonds. The number of hydrogen-bond acceptors (Lipinski definition) is 6. The quantitative estimate of drug-likeness (QED) is 0.793. The van der Waals surface area contributed by atoms with Gasteiger partial charge in [0.2, 0.25) is 10.0 Å². The van der Waals surface area contributed by atoms with Crippen LogP contribution in [-0.4, -0.2) is 48.7 Å². The third kappa shape index (κ3) is 3.45. The van der Waals surface area contributed by atoms with Gasteiger partial charge in [0.1, 0.15) is 4.90 Å². The van der Waals surface area contributed by atoms with Crippen molar-refractivity contribution in [1.82, 2.24) is 14.4 Å². The summed E-state index contributed by atoms with van der Waals surface area (Å²) in [6, 6.07) is 1.59. The van der Waals surface area contributed by atoms with Crippen molar-refractivity contribution in [3.8, 4) is 0 Å². The second-order valence-electron chi connectivity index (χ2n) is 6.14. The predicted octanol–water partition coefficient (Wildman–Crippen LogP) is 2.50. The molecule has 0 radical (unpaired) electrons. The third-order valence-corrected chi connectivity index (χ3v) is 6.11. The fourth-order valence-electron chi connectivity index (χ4n) is 2.95. The number of nitrogens with zero attached hydrogens (tertiary/aromatic N) is 3. The van der Waals surface area contributed by atoms with Crippen LogP contribution < -0.4 is 0 Å². The SMILES string of the molecule is CCCN(CC1CCCCO1)S(=O)(=O)c1cnc2onc(C)c2c1. The molecule has 1 unspecified atom stereocenters. The maximum absolute atomic E-state index is 13.1. The number of pyridine rings is 1. The Labute approximate surface area is 142 Å². The lowest BCUT2D eigenvalue weighted by Gasteiger charge is -2.29. The monoisotopic (exact) mass is 353 g/mol. The lowest BCUT2D eigenvalue weighted by Crippen LogP contribution is -2.40. The number of hydrogen-bond donors (Lipinski definition) is 0. The average Bonchev–Trinajstić information content (AvgIpc) is 2.96. The predicted molar refractivity (Wildman–Crippen MR) is 89.2 cm³/mol. The summed E-state index contributed by atoms with van der Waals surface area (Å²) >= 11 is 0. The summed E-state index contributed by atoms with van der Waals surface area (Å²) in [6.45, 7) is 5.29. The largest absolute Gasteiger partial charge is 0.377 e. The van der Waals surface area contributed by atoms with Gasteiger partial charge in [-0.15, -0.1) is 0 Å². The number of aryl methyl sites for hydroxylation is 1. The van der Waals surface area contributed by atoms with E-state index in [0.29, 0.717) is 36.5 Å². The number of ether oxygens (including phenoxy) is 1. The lowest BCUT2D eigenvalue weighted by molar-refractivity contribution is 0.00624. The van der Waals surface area contributed by atoms with E-state index < -0.39 is 10.0 Å². The van der Waals surface area contributed by atoms with E-state index in [4.69, 9.17) is 9.26 Å². The van der Waals surface area contributed by atoms with E-state index in [1.165, 1.54) is 10.5 Å². The Morgan fingerprint density at radius 3 is 2.92 bits per heavy atom. The van der Waals surface area contributed by atoms with Crippen molar-refractivity contribution in [2.24, 2.45) is 0 Å². The Bertz CT molecular complexity index is 797. The minimum absolute atomic E-state index is 0.0332. The molecule has 3 rings (SSSR count). The first-order valence-electron chi connectivity index (χ1n) is 8.36. The molecular formula is C16H23N3O4S. The van der Waals surface area contributed by atoms with E-state index in [0.717, 1.165) is 25.7 Å². The van der Waals surface area contributed by atoms with Crippen molar-refractivity contribution in [2.75, 3.05) is 19.7 Å². The van der Waals surface area contributed by atoms with Crippen LogP contribution in [0.25, 0.3) is 11.1 Å². The topological polar surface area (TPSA) is 85.5 Å². The fourth-order valence-corrected chi connectivity index (χ4v) is 4.49. The third-order valence-electron chi connectivity index (χ3n) is 4.28. The van der Waals surface area contributed by atoms with Crippen molar-refractivity contribution >= 4 is 21.1 Å². The molecule has 0 aliphatic carbocycles. The number of fused-ring (bicyclic) bond motifs is 1. The second kappa shape index (κ2) is 7.16. The van der Waals surface area contributed by atoms with Gasteiger partial charge in [-0.3, -0.25) is 0 Å². The van der Waals surface area contributed by atoms with Gasteiger partial charge < -0.3 is 9.26 Å². The van der Waals surface area contributed by atoms with Crippen LogP contribution in [0, 0.1) is 6.92 Å². The molecule has 1 aliphatic heterocycles. The van der Waals surface area contributed by atoms with Gasteiger partial charge in [0, 0.05) is 19.7 Å². The molecule has 3 heterocycles. The number of rotatable bonds is 6. The van der Waals surface area contributed by atoms with E-state index >= 15 is 0 Å². The van der Waals surface area contributed by atoms with Crippen LogP contribution in [0.4, 0.5) is 0 Å². The Morgan fingerprint density at radius 1 is 1.38 bits per heavy atom. The van der Waals surface area contributed by atoms with E-state index in [1.807, 2.05) is 6.92 Å². The van der Waals surface area contributed by atoms with Crippen molar-refractivity contribution in [3.63, 3.8) is 0 Å². The van der Waals surface area contributed by atoms with E-state index in [9.17, 15) is 8.42 Å². The number of sulfonamides is 1. The molecule has 2 aromatic heterocycles. The van der Waals surface area contributed by atoms with Crippen LogP contribution in [0.2, 0.25) is 0 Å². The molecule has 0 saturated carbocycles. The van der Waals surface area contributed by atoms with Crippen molar-refractivity contribution < 1.29 is 17.7 Å². The Hall–Kier alpha value is -1.51. The summed E-state index contributed by atoms with van der Waals surface area (Å²) in [5.74, 6) is 0. The zero-order chi connectivity index (χ0) is 17.2. The summed E-state index contributed by atoms with van der Waals surface area (Å²) < 4.78 is 38.4. The Balaban J connectivity index is 1.89. The van der Waals surface area contributed by atoms with Crippen LogP contribution in [0.3, 0.4) is 0 Å². The molecule has 1 atom stereocenters. The van der Waals surface area contributed by atoms with Gasteiger partial charge in [0.05, 0.1) is 23.4 Å². The molecule has 1 fully saturated rings. The summed E-state index contributed by atoms with van der Waals surface area (Å²) in [5, 5.41) is 4.45. The van der Waals surface area contributed by atoms with Gasteiger partial charge in [-0.05, 0) is 38.7 Å². The lowest BCUT2D eigenvalue weighted by atomic mass is 10.1. The molecule has 24 heavy (non-hydrogen) atoms. The molecule has 0 bridgehead atoms. The first kappa shape index (κ1) is 17.3. The maximum Gasteiger partial charge on any atom is 0.257 e. The molecule has 132 valence electrons. The molecule has 2 aromatic rings. The van der Waals surface area contributed by atoms with Crippen LogP contribution in [-0.2, 0) is 14.8 Å². The van der Waals surface area contributed by atoms with Crippen LogP contribution in [0.15, 0.2) is 21.7 Å². The van der Waals surface area contributed by atoms with Crippen LogP contribution in [0.1, 0.15) is 38.3 Å². The summed E-state index contributed by atoms with van der Waals surface area (Å²) in [6.07, 6.45) is 5.08. The van der Waals surface area contributed by atoms with Gasteiger partial charge in [0.15, 0.2) is 0 Å². The van der Waals surface area contributed by atoms with Gasteiger partial charge in [-0.1, -0.05) is 12.1 Å². The molecule has 0 spiro atoms. The zero-order valence-electron chi connectivity index (χ0n) is 14.1. The second-order valence-corrected chi connectivity index (χ2v) is 8.08. The highest BCUT2D eigenvalue weighted by Crippen LogP contribution is 2.24. The van der Waals surface area contributed by atoms with Gasteiger partial charge in [-0.2, -0.15) is 4.31 Å². The minimum atomic E-state index is -3.63. The molecular weight excluding hydrogens is 330 g/mol. The standard InChI is InChI=1S/C16H23N3O4S/c1-3-7-19(11-13-6-4-5-8-22-13)24(20,21)14-9-15-12(2)18-23-16(15)17-10-14/h9-10,13H,3-8,11H2,1-2H3. The van der Waals surface area contributed by atoms with E-state index in [1.54, 1.807) is 13.0 Å². The Morgan fingerprint density at radius 2 is 2.21 bits per heavy atom. The zero-order valence-corrected chi connectivity index (χ0v) is 14.9. The fraction of sp³-hybridized carbons (Fsp3) is 0.625. The first-order valence-corrected chi connectivity index (χ1v) is 9.80. The maximum atomic E-state index is 13.1. The van der Waals surface area contributed by atoms with Gasteiger partial charge in [0.25, 0.3) is 5.71 Å². The van der Waals surface area contributed by atoms with Crippen LogP contribution >= 0.6 is 0 Å². The summed E-state index contributed by atoms with van der Waals surface area (Å²) in [5.41, 5.74) is 0.983. The number of aromatic nitrogens is 2. The summed E-state index contributed by atoms with van der Waals surface area (Å²) in [7, 11) is -3.63. The van der Waals surface area contributed by atoms with Crippen LogP contribution in [0.5, 0.6) is 0 Å². The first-order chi connectivity index (χ1) is 11.5. The molecule has 8 heteroatoms. The van der Waals surface area contributed by atoms with E-state index in [-0.39, 0.29) is 11.0 Å². The average molecular weight is 353 g/mol. The Kier molecular flexibility index (Phi) is 5.17. The molecule has 1 saturated heterocycles. The van der Waals surface area contributed by atoms with Crippen molar-refractivity contribution in [3.05, 3.63) is 18.0 Å². The van der Waals surface area contributed by atoms with Crippen molar-refractivity contribution in [1.29, 1.82) is 0 Å². The minimum Gasteiger partial charge on any atom is -0.377 e.